The molecule has 3 amide bonds. The minimum Gasteiger partial charge on any atom is -0.493 e. The lowest BCUT2D eigenvalue weighted by Gasteiger charge is -2.39. The highest BCUT2D eigenvalue weighted by Crippen LogP contribution is 2.25. The number of nitrogens with one attached hydrogen (secondary N) is 3. The molecule has 3 rings (SSSR count). The molecule has 0 bridgehead atoms. The molecule has 2 aliphatic rings. The topological polar surface area (TPSA) is 109 Å². The minimum absolute atomic E-state index is 0.0530. The second-order valence-electron chi connectivity index (χ2n) is 8.70. The average Bonchev–Trinajstić information content (AvgIpc) is 2.85. The summed E-state index contributed by atoms with van der Waals surface area (Å²) in [5, 5.41) is 9.37. The van der Waals surface area contributed by atoms with Gasteiger partial charge < -0.3 is 30.3 Å². The monoisotopic (exact) mass is 550 g/mol. The highest BCUT2D eigenvalue weighted by molar-refractivity contribution is 9.10. The van der Waals surface area contributed by atoms with Crippen LogP contribution in [0.2, 0.25) is 0 Å². The molecule has 0 atom stereocenters. The number of amides is 3. The summed E-state index contributed by atoms with van der Waals surface area (Å²) < 4.78 is 11.6. The zero-order valence-corrected chi connectivity index (χ0v) is 22.0. The second kappa shape index (κ2) is 12.9. The van der Waals surface area contributed by atoms with Crippen molar-refractivity contribution in [2.75, 3.05) is 39.4 Å². The lowest BCUT2D eigenvalue weighted by Crippen LogP contribution is -2.64. The first-order valence-electron chi connectivity index (χ1n) is 12.2. The van der Waals surface area contributed by atoms with E-state index in [0.717, 1.165) is 10.0 Å². The molecule has 0 aliphatic carbocycles. The van der Waals surface area contributed by atoms with E-state index >= 15 is 0 Å². The number of hydrogen-bond acceptors (Lipinski definition) is 6. The molecule has 0 radical (unpaired) electrons. The average molecular weight is 551 g/mol. The van der Waals surface area contributed by atoms with Crippen LogP contribution in [-0.4, -0.2) is 73.8 Å². The molecule has 2 fully saturated rings. The Bertz CT molecular complexity index is 924. The van der Waals surface area contributed by atoms with E-state index in [2.05, 4.69) is 31.9 Å². The third-order valence-corrected chi connectivity index (χ3v) is 6.79. The predicted octanol–water partition coefficient (Wildman–Crippen LogP) is 2.84. The fourth-order valence-electron chi connectivity index (χ4n) is 4.39. The molecule has 2 aliphatic heterocycles. The maximum absolute atomic E-state index is 13.4. The Labute approximate surface area is 215 Å². The highest BCUT2D eigenvalue weighted by atomic mass is 79.9. The van der Waals surface area contributed by atoms with Crippen LogP contribution in [0, 0.1) is 0 Å². The van der Waals surface area contributed by atoms with Crippen LogP contribution in [-0.2, 0) is 14.3 Å². The van der Waals surface area contributed by atoms with E-state index < -0.39 is 5.54 Å². The van der Waals surface area contributed by atoms with Crippen LogP contribution in [0.4, 0.5) is 4.79 Å². The van der Waals surface area contributed by atoms with Gasteiger partial charge in [0.25, 0.3) is 0 Å². The number of carbonyl (C=O) groups excluding carboxylic acids is 3. The van der Waals surface area contributed by atoms with E-state index in [9.17, 15) is 14.4 Å². The number of hydrogen-bond donors (Lipinski definition) is 3. The molecule has 3 N–H and O–H groups in total. The smallest absolute Gasteiger partial charge is 0.409 e. The molecular formula is C25H35BrN4O5. The molecule has 2 saturated heterocycles. The Morgan fingerprint density at radius 3 is 2.54 bits per heavy atom. The van der Waals surface area contributed by atoms with Gasteiger partial charge in [0.05, 0.1) is 13.2 Å². The Hall–Kier alpha value is -2.59. The van der Waals surface area contributed by atoms with Gasteiger partial charge in [-0.15, -0.1) is 0 Å². The summed E-state index contributed by atoms with van der Waals surface area (Å²) in [6.07, 6.45) is 5.12. The van der Waals surface area contributed by atoms with Crippen molar-refractivity contribution in [3.8, 4) is 5.75 Å². The molecule has 2 heterocycles. The zero-order valence-electron chi connectivity index (χ0n) is 20.4. The Morgan fingerprint density at radius 1 is 1.17 bits per heavy atom. The van der Waals surface area contributed by atoms with Crippen molar-refractivity contribution in [1.29, 1.82) is 0 Å². The predicted molar refractivity (Wildman–Crippen MR) is 137 cm³/mol. The van der Waals surface area contributed by atoms with Gasteiger partial charge in [0.2, 0.25) is 11.8 Å². The van der Waals surface area contributed by atoms with Crippen molar-refractivity contribution in [2.24, 2.45) is 0 Å². The number of carbonyl (C=O) groups is 3. The normalized spacial score (nSPS) is 18.2. The number of ether oxygens (including phenoxy) is 2. The van der Waals surface area contributed by atoms with Crippen molar-refractivity contribution in [1.82, 2.24) is 20.9 Å². The zero-order chi connectivity index (χ0) is 25.3. The third-order valence-electron chi connectivity index (χ3n) is 6.30. The quantitative estimate of drug-likeness (QED) is 0.429. The number of likely N-dealkylation sites (tertiary alicyclic amines) is 1. The Morgan fingerprint density at radius 2 is 1.89 bits per heavy atom. The Balaban J connectivity index is 1.63. The summed E-state index contributed by atoms with van der Waals surface area (Å²) in [6.45, 7) is 6.88. The number of benzene rings is 1. The number of nitrogens with zero attached hydrogens (tertiary/aromatic N) is 1. The SMILES string of the molecule is CCOC(=O)N1CCC(NC(=O)C2(NC(=O)C=Cc3cc(Br)ccc3OCC)CCNCC2)CC1. The van der Waals surface area contributed by atoms with Crippen molar-refractivity contribution in [3.05, 3.63) is 34.3 Å². The van der Waals surface area contributed by atoms with Gasteiger partial charge in [-0.2, -0.15) is 0 Å². The van der Waals surface area contributed by atoms with Gasteiger partial charge in [-0.3, -0.25) is 9.59 Å². The fourth-order valence-corrected chi connectivity index (χ4v) is 4.77. The first kappa shape index (κ1) is 27.0. The molecule has 0 spiro atoms. The maximum atomic E-state index is 13.4. The van der Waals surface area contributed by atoms with Crippen molar-refractivity contribution >= 4 is 39.9 Å². The summed E-state index contributed by atoms with van der Waals surface area (Å²) >= 11 is 3.45. The summed E-state index contributed by atoms with van der Waals surface area (Å²) in [4.78, 5) is 39.9. The molecular weight excluding hydrogens is 516 g/mol. The van der Waals surface area contributed by atoms with Gasteiger partial charge >= 0.3 is 6.09 Å². The first-order valence-corrected chi connectivity index (χ1v) is 13.0. The van der Waals surface area contributed by atoms with Crippen LogP contribution in [0.1, 0.15) is 45.1 Å². The number of piperidine rings is 2. The second-order valence-corrected chi connectivity index (χ2v) is 9.62. The molecule has 1 aromatic rings. The minimum atomic E-state index is -0.981. The molecule has 35 heavy (non-hydrogen) atoms. The van der Waals surface area contributed by atoms with Crippen LogP contribution < -0.4 is 20.7 Å². The van der Waals surface area contributed by atoms with Crippen LogP contribution in [0.5, 0.6) is 5.75 Å². The van der Waals surface area contributed by atoms with Gasteiger partial charge in [-0.25, -0.2) is 4.79 Å². The summed E-state index contributed by atoms with van der Waals surface area (Å²) in [5.41, 5.74) is -0.209. The summed E-state index contributed by atoms with van der Waals surface area (Å²) in [7, 11) is 0. The molecule has 10 heteroatoms. The molecule has 0 unspecified atom stereocenters. The van der Waals surface area contributed by atoms with Crippen molar-refractivity contribution in [2.45, 2.75) is 51.1 Å². The van der Waals surface area contributed by atoms with Crippen molar-refractivity contribution < 1.29 is 23.9 Å². The van der Waals surface area contributed by atoms with Gasteiger partial charge in [0, 0.05) is 35.2 Å². The van der Waals surface area contributed by atoms with Crippen LogP contribution in [0.15, 0.2) is 28.7 Å². The molecule has 0 aromatic heterocycles. The maximum Gasteiger partial charge on any atom is 0.409 e. The lowest BCUT2D eigenvalue weighted by molar-refractivity contribution is -0.134. The van der Waals surface area contributed by atoms with Gasteiger partial charge in [0.1, 0.15) is 11.3 Å². The Kier molecular flexibility index (Phi) is 9.97. The molecule has 192 valence electrons. The van der Waals surface area contributed by atoms with Crippen LogP contribution >= 0.6 is 15.9 Å². The van der Waals surface area contributed by atoms with Gasteiger partial charge in [-0.05, 0) is 76.9 Å². The van der Waals surface area contributed by atoms with Crippen LogP contribution in [0.25, 0.3) is 6.08 Å². The van der Waals surface area contributed by atoms with E-state index in [1.54, 1.807) is 17.9 Å². The lowest BCUT2D eigenvalue weighted by atomic mass is 9.86. The van der Waals surface area contributed by atoms with Gasteiger partial charge in [-0.1, -0.05) is 15.9 Å². The van der Waals surface area contributed by atoms with Gasteiger partial charge in [0.15, 0.2) is 0 Å². The number of rotatable bonds is 8. The van der Waals surface area contributed by atoms with E-state index in [0.29, 0.717) is 70.8 Å². The first-order chi connectivity index (χ1) is 16.9. The standard InChI is InChI=1S/C25H35BrN4O5/c1-3-34-21-7-6-19(26)17-18(21)5-8-22(31)29-25(11-13-27-14-12-25)23(32)28-20-9-15-30(16-10-20)24(33)35-4-2/h5-8,17,20,27H,3-4,9-16H2,1-2H3,(H,28,32)(H,29,31). The van der Waals surface area contributed by atoms with E-state index in [4.69, 9.17) is 9.47 Å². The highest BCUT2D eigenvalue weighted by Gasteiger charge is 2.41. The molecule has 1 aromatic carbocycles. The van der Waals surface area contributed by atoms with E-state index in [1.807, 2.05) is 25.1 Å². The summed E-state index contributed by atoms with van der Waals surface area (Å²) in [5.74, 6) is 0.178. The van der Waals surface area contributed by atoms with Crippen molar-refractivity contribution in [3.63, 3.8) is 0 Å². The number of halogens is 1. The molecule has 0 saturated carbocycles. The van der Waals surface area contributed by atoms with Crippen LogP contribution in [0.3, 0.4) is 0 Å². The fraction of sp³-hybridized carbons (Fsp3) is 0.560. The largest absolute Gasteiger partial charge is 0.493 e. The third kappa shape index (κ3) is 7.44. The molecule has 9 nitrogen and oxygen atoms in total. The van der Waals surface area contributed by atoms with E-state index in [-0.39, 0.29) is 23.9 Å². The summed E-state index contributed by atoms with van der Waals surface area (Å²) in [6, 6.07) is 5.56. The van der Waals surface area contributed by atoms with E-state index in [1.165, 1.54) is 6.08 Å².